The van der Waals surface area contributed by atoms with Crippen molar-refractivity contribution in [3.05, 3.63) is 39.7 Å². The van der Waals surface area contributed by atoms with Crippen LogP contribution in [0.3, 0.4) is 0 Å². The second kappa shape index (κ2) is 4.48. The zero-order chi connectivity index (χ0) is 11.6. The highest BCUT2D eigenvalue weighted by Gasteiger charge is 2.26. The molecule has 0 saturated carbocycles. The van der Waals surface area contributed by atoms with Gasteiger partial charge in [0.1, 0.15) is 16.4 Å². The molecule has 0 aliphatic carbocycles. The van der Waals surface area contributed by atoms with E-state index in [1.54, 1.807) is 0 Å². The van der Waals surface area contributed by atoms with Gasteiger partial charge in [0.05, 0.1) is 10.5 Å². The first-order valence-corrected chi connectivity index (χ1v) is 4.94. The van der Waals surface area contributed by atoms with E-state index in [2.05, 4.69) is 15.9 Å². The zero-order valence-electron chi connectivity index (χ0n) is 7.74. The minimum absolute atomic E-state index is 0.227. The van der Waals surface area contributed by atoms with Crippen LogP contribution in [0.25, 0.3) is 0 Å². The number of halogens is 2. The fourth-order valence-corrected chi connectivity index (χ4v) is 1.59. The molecular formula is C9H7BrFNO3. The number of rotatable bonds is 3. The number of nitro benzene ring substituents is 1. The summed E-state index contributed by atoms with van der Waals surface area (Å²) >= 11 is 2.93. The second-order valence-corrected chi connectivity index (χ2v) is 3.82. The number of carbonyl (C=O) groups excluding carboxylic acids is 1. The fraction of sp³-hybridized carbons (Fsp3) is 0.222. The monoisotopic (exact) mass is 275 g/mol. The highest BCUT2D eigenvalue weighted by atomic mass is 79.9. The van der Waals surface area contributed by atoms with E-state index in [1.165, 1.54) is 13.0 Å². The van der Waals surface area contributed by atoms with Crippen LogP contribution < -0.4 is 0 Å². The number of benzene rings is 1. The molecule has 4 nitrogen and oxygen atoms in total. The third-order valence-corrected chi connectivity index (χ3v) is 2.94. The SMILES string of the molecule is CC(=O)C(Br)c1c(F)cccc1[N+](=O)[O-]. The predicted octanol–water partition coefficient (Wildman–Crippen LogP) is 2.76. The van der Waals surface area contributed by atoms with Gasteiger partial charge in [-0.25, -0.2) is 4.39 Å². The lowest BCUT2D eigenvalue weighted by Crippen LogP contribution is -2.07. The molecule has 1 rings (SSSR count). The van der Waals surface area contributed by atoms with E-state index in [4.69, 9.17) is 0 Å². The average molecular weight is 276 g/mol. The fourth-order valence-electron chi connectivity index (χ4n) is 1.14. The number of hydrogen-bond acceptors (Lipinski definition) is 3. The molecule has 0 fully saturated rings. The summed E-state index contributed by atoms with van der Waals surface area (Å²) < 4.78 is 13.3. The van der Waals surface area contributed by atoms with Crippen molar-refractivity contribution in [1.29, 1.82) is 0 Å². The number of nitro groups is 1. The van der Waals surface area contributed by atoms with Crippen LogP contribution in [0.5, 0.6) is 0 Å². The second-order valence-electron chi connectivity index (χ2n) is 2.90. The van der Waals surface area contributed by atoms with Crippen molar-refractivity contribution in [3.63, 3.8) is 0 Å². The Morgan fingerprint density at radius 3 is 2.67 bits per heavy atom. The van der Waals surface area contributed by atoms with Gasteiger partial charge >= 0.3 is 0 Å². The highest BCUT2D eigenvalue weighted by molar-refractivity contribution is 9.09. The molecule has 1 aromatic carbocycles. The third-order valence-electron chi connectivity index (χ3n) is 1.84. The molecule has 0 amide bonds. The van der Waals surface area contributed by atoms with Crippen molar-refractivity contribution >= 4 is 27.4 Å². The van der Waals surface area contributed by atoms with Crippen LogP contribution in [0.4, 0.5) is 10.1 Å². The van der Waals surface area contributed by atoms with Crippen molar-refractivity contribution < 1.29 is 14.1 Å². The Morgan fingerprint density at radius 2 is 2.20 bits per heavy atom. The molecule has 1 unspecified atom stereocenters. The minimum Gasteiger partial charge on any atom is -0.298 e. The van der Waals surface area contributed by atoms with Crippen molar-refractivity contribution in [2.24, 2.45) is 0 Å². The van der Waals surface area contributed by atoms with E-state index in [-0.39, 0.29) is 11.3 Å². The first kappa shape index (κ1) is 11.8. The summed E-state index contributed by atoms with van der Waals surface area (Å²) in [5.74, 6) is -1.15. The summed E-state index contributed by atoms with van der Waals surface area (Å²) in [6.07, 6.45) is 0. The molecule has 6 heteroatoms. The Bertz CT molecular complexity index is 422. The Hall–Kier alpha value is -1.30. The molecule has 1 atom stereocenters. The van der Waals surface area contributed by atoms with Gasteiger partial charge in [0.15, 0.2) is 0 Å². The van der Waals surface area contributed by atoms with Crippen LogP contribution in [0.1, 0.15) is 17.3 Å². The maximum absolute atomic E-state index is 13.3. The van der Waals surface area contributed by atoms with Crippen LogP contribution >= 0.6 is 15.9 Å². The van der Waals surface area contributed by atoms with E-state index in [9.17, 15) is 19.3 Å². The standard InChI is InChI=1S/C9H7BrFNO3/c1-5(13)9(10)8-6(11)3-2-4-7(8)12(14)15/h2-4,9H,1H3. The van der Waals surface area contributed by atoms with Crippen LogP contribution in [0.2, 0.25) is 0 Å². The maximum atomic E-state index is 13.3. The van der Waals surface area contributed by atoms with Crippen LogP contribution in [0.15, 0.2) is 18.2 Å². The lowest BCUT2D eigenvalue weighted by atomic mass is 10.1. The number of alkyl halides is 1. The third kappa shape index (κ3) is 2.38. The molecule has 15 heavy (non-hydrogen) atoms. The van der Waals surface area contributed by atoms with Gasteiger partial charge in [0.25, 0.3) is 5.69 Å². The zero-order valence-corrected chi connectivity index (χ0v) is 9.32. The summed E-state index contributed by atoms with van der Waals surface area (Å²) in [4.78, 5) is 19.9. The smallest absolute Gasteiger partial charge is 0.277 e. The van der Waals surface area contributed by atoms with E-state index in [0.29, 0.717) is 0 Å². The van der Waals surface area contributed by atoms with Crippen molar-refractivity contribution in [1.82, 2.24) is 0 Å². The molecule has 0 N–H and O–H groups in total. The highest BCUT2D eigenvalue weighted by Crippen LogP contribution is 2.33. The summed E-state index contributed by atoms with van der Waals surface area (Å²) in [5, 5.41) is 10.6. The van der Waals surface area contributed by atoms with Gasteiger partial charge in [0, 0.05) is 6.07 Å². The molecule has 1 aromatic rings. The summed E-state index contributed by atoms with van der Waals surface area (Å²) in [5.41, 5.74) is -0.623. The molecule has 0 aromatic heterocycles. The molecule has 0 bridgehead atoms. The molecule has 0 aliphatic heterocycles. The normalized spacial score (nSPS) is 12.2. The van der Waals surface area contributed by atoms with E-state index >= 15 is 0 Å². The summed E-state index contributed by atoms with van der Waals surface area (Å²) in [6, 6.07) is 3.48. The van der Waals surface area contributed by atoms with E-state index in [0.717, 1.165) is 12.1 Å². The number of ketones is 1. The van der Waals surface area contributed by atoms with Crippen LogP contribution in [-0.2, 0) is 4.79 Å². The molecule has 0 aliphatic rings. The molecule has 0 heterocycles. The largest absolute Gasteiger partial charge is 0.298 e. The van der Waals surface area contributed by atoms with Gasteiger partial charge in [0.2, 0.25) is 0 Å². The topological polar surface area (TPSA) is 60.2 Å². The predicted molar refractivity (Wildman–Crippen MR) is 55.4 cm³/mol. The molecule has 0 saturated heterocycles. The first-order valence-electron chi connectivity index (χ1n) is 4.02. The lowest BCUT2D eigenvalue weighted by Gasteiger charge is -2.07. The quantitative estimate of drug-likeness (QED) is 0.484. The van der Waals surface area contributed by atoms with Crippen molar-refractivity contribution in [3.8, 4) is 0 Å². The number of carbonyl (C=O) groups is 1. The van der Waals surface area contributed by atoms with Gasteiger partial charge in [-0.1, -0.05) is 22.0 Å². The van der Waals surface area contributed by atoms with Crippen LogP contribution in [-0.4, -0.2) is 10.7 Å². The average Bonchev–Trinajstić information content (AvgIpc) is 2.16. The Kier molecular flexibility index (Phi) is 3.52. The molecular weight excluding hydrogens is 269 g/mol. The first-order chi connectivity index (χ1) is 6.95. The molecule has 80 valence electrons. The molecule has 0 radical (unpaired) electrons. The van der Waals surface area contributed by atoms with E-state index in [1.807, 2.05) is 0 Å². The Labute approximate surface area is 93.4 Å². The van der Waals surface area contributed by atoms with Gasteiger partial charge in [-0.2, -0.15) is 0 Å². The summed E-state index contributed by atoms with van der Waals surface area (Å²) in [7, 11) is 0. The Morgan fingerprint density at radius 1 is 1.60 bits per heavy atom. The Balaban J connectivity index is 3.37. The number of Topliss-reactive ketones (excluding diaryl/α,β-unsaturated/α-hetero) is 1. The van der Waals surface area contributed by atoms with Crippen molar-refractivity contribution in [2.45, 2.75) is 11.8 Å². The van der Waals surface area contributed by atoms with Crippen LogP contribution in [0, 0.1) is 15.9 Å². The summed E-state index contributed by atoms with van der Waals surface area (Å²) in [6.45, 7) is 1.23. The van der Waals surface area contributed by atoms with Gasteiger partial charge in [-0.05, 0) is 13.0 Å². The van der Waals surface area contributed by atoms with Gasteiger partial charge in [-0.15, -0.1) is 0 Å². The number of nitrogens with zero attached hydrogens (tertiary/aromatic N) is 1. The number of hydrogen-bond donors (Lipinski definition) is 0. The minimum atomic E-state index is -0.987. The van der Waals surface area contributed by atoms with Crippen molar-refractivity contribution in [2.75, 3.05) is 0 Å². The lowest BCUT2D eigenvalue weighted by molar-refractivity contribution is -0.385. The van der Waals surface area contributed by atoms with E-state index < -0.39 is 21.3 Å². The molecule has 0 spiro atoms. The maximum Gasteiger partial charge on any atom is 0.277 e. The van der Waals surface area contributed by atoms with Gasteiger partial charge < -0.3 is 0 Å². The van der Waals surface area contributed by atoms with Gasteiger partial charge in [-0.3, -0.25) is 14.9 Å².